The van der Waals surface area contributed by atoms with E-state index in [1.54, 1.807) is 23.2 Å². The fourth-order valence-electron chi connectivity index (χ4n) is 5.50. The standard InChI is InChI=1S/C32H42N8O4S/c1-6-38-16-18-39(19-17-38)28-20-26(12-13-27(28)37-45(42,43)7-2)35-25-10-8-24(9-11-25)23(5)34-31-33-15-14-30(36-31)40-29(22(3)4)21-44-32(40)41/h7-15,20,22-23,29,35,37H,2,6,16-19,21H2,1,3-5H3,(H,33,34,36)/t23-,29+/m0/s1. The number of nitrogens with one attached hydrogen (secondary N) is 3. The van der Waals surface area contributed by atoms with Gasteiger partial charge in [0.2, 0.25) is 5.95 Å². The Labute approximate surface area is 265 Å². The minimum Gasteiger partial charge on any atom is -0.447 e. The molecule has 45 heavy (non-hydrogen) atoms. The first kappa shape index (κ1) is 32.0. The summed E-state index contributed by atoms with van der Waals surface area (Å²) in [5, 5.41) is 7.71. The van der Waals surface area contributed by atoms with Gasteiger partial charge in [-0.25, -0.2) is 18.2 Å². The average molecular weight is 635 g/mol. The molecule has 12 nitrogen and oxygen atoms in total. The molecule has 1 aromatic heterocycles. The zero-order valence-corrected chi connectivity index (χ0v) is 27.0. The summed E-state index contributed by atoms with van der Waals surface area (Å²) in [6.45, 7) is 16.4. The number of amides is 1. The van der Waals surface area contributed by atoms with E-state index < -0.39 is 16.1 Å². The lowest BCUT2D eigenvalue weighted by Gasteiger charge is -2.36. The maximum atomic E-state index is 12.4. The van der Waals surface area contributed by atoms with Crippen LogP contribution in [0.4, 0.5) is 39.3 Å². The minimum atomic E-state index is -3.65. The van der Waals surface area contributed by atoms with Crippen LogP contribution < -0.4 is 25.2 Å². The molecular formula is C32H42N8O4S. The van der Waals surface area contributed by atoms with Crippen LogP contribution in [0.3, 0.4) is 0 Å². The third kappa shape index (κ3) is 7.66. The number of ether oxygens (including phenoxy) is 1. The number of aromatic nitrogens is 2. The molecule has 2 aromatic carbocycles. The van der Waals surface area contributed by atoms with E-state index in [-0.39, 0.29) is 18.0 Å². The number of hydrogen-bond donors (Lipinski definition) is 3. The van der Waals surface area contributed by atoms with Gasteiger partial charge in [0.1, 0.15) is 12.4 Å². The van der Waals surface area contributed by atoms with Crippen molar-refractivity contribution < 1.29 is 17.9 Å². The van der Waals surface area contributed by atoms with Gasteiger partial charge < -0.3 is 25.2 Å². The van der Waals surface area contributed by atoms with Gasteiger partial charge in [-0.2, -0.15) is 4.98 Å². The number of benzene rings is 2. The predicted molar refractivity (Wildman–Crippen MR) is 180 cm³/mol. The molecule has 0 unspecified atom stereocenters. The average Bonchev–Trinajstić information content (AvgIpc) is 3.44. The van der Waals surface area contributed by atoms with E-state index in [0.717, 1.165) is 60.8 Å². The third-order valence-corrected chi connectivity index (χ3v) is 9.18. The number of hydrogen-bond acceptors (Lipinski definition) is 10. The number of nitrogens with zero attached hydrogens (tertiary/aromatic N) is 5. The van der Waals surface area contributed by atoms with Crippen molar-refractivity contribution >= 4 is 50.6 Å². The molecule has 3 heterocycles. The van der Waals surface area contributed by atoms with E-state index in [0.29, 0.717) is 24.1 Å². The molecule has 2 saturated heterocycles. The maximum Gasteiger partial charge on any atom is 0.415 e. The van der Waals surface area contributed by atoms with Crippen molar-refractivity contribution in [2.45, 2.75) is 39.8 Å². The van der Waals surface area contributed by atoms with E-state index in [4.69, 9.17) is 4.74 Å². The van der Waals surface area contributed by atoms with Gasteiger partial charge >= 0.3 is 6.09 Å². The van der Waals surface area contributed by atoms with Gasteiger partial charge in [-0.3, -0.25) is 9.62 Å². The van der Waals surface area contributed by atoms with Gasteiger partial charge in [0.15, 0.2) is 0 Å². The summed E-state index contributed by atoms with van der Waals surface area (Å²) in [5.74, 6) is 1.15. The molecule has 0 bridgehead atoms. The zero-order valence-electron chi connectivity index (χ0n) is 26.2. The molecule has 2 fully saturated rings. The second kappa shape index (κ2) is 13.7. The highest BCUT2D eigenvalue weighted by Crippen LogP contribution is 2.33. The van der Waals surface area contributed by atoms with Crippen LogP contribution in [0.2, 0.25) is 0 Å². The predicted octanol–water partition coefficient (Wildman–Crippen LogP) is 5.40. The maximum absolute atomic E-state index is 12.4. The number of anilines is 6. The van der Waals surface area contributed by atoms with Crippen LogP contribution in [-0.2, 0) is 14.8 Å². The summed E-state index contributed by atoms with van der Waals surface area (Å²) >= 11 is 0. The fourth-order valence-corrected chi connectivity index (χ4v) is 6.06. The van der Waals surface area contributed by atoms with Crippen molar-refractivity contribution in [2.24, 2.45) is 5.92 Å². The Morgan fingerprint density at radius 1 is 1.04 bits per heavy atom. The molecular weight excluding hydrogens is 592 g/mol. The molecule has 13 heteroatoms. The van der Waals surface area contributed by atoms with Crippen molar-refractivity contribution in [1.29, 1.82) is 0 Å². The first-order valence-corrected chi connectivity index (χ1v) is 16.8. The van der Waals surface area contributed by atoms with E-state index in [1.165, 1.54) is 0 Å². The van der Waals surface area contributed by atoms with Crippen molar-refractivity contribution in [3.8, 4) is 0 Å². The lowest BCUT2D eigenvalue weighted by atomic mass is 10.0. The molecule has 3 aromatic rings. The van der Waals surface area contributed by atoms with E-state index in [1.807, 2.05) is 43.3 Å². The summed E-state index contributed by atoms with van der Waals surface area (Å²) in [6, 6.07) is 15.2. The van der Waals surface area contributed by atoms with Crippen LogP contribution in [0.5, 0.6) is 0 Å². The molecule has 1 amide bonds. The van der Waals surface area contributed by atoms with Crippen LogP contribution >= 0.6 is 0 Å². The second-order valence-electron chi connectivity index (χ2n) is 11.6. The number of rotatable bonds is 12. The van der Waals surface area contributed by atoms with E-state index in [9.17, 15) is 13.2 Å². The highest BCUT2D eigenvalue weighted by Gasteiger charge is 2.37. The Morgan fingerprint density at radius 2 is 1.76 bits per heavy atom. The minimum absolute atomic E-state index is 0.0762. The first-order valence-electron chi connectivity index (χ1n) is 15.3. The van der Waals surface area contributed by atoms with Gasteiger partial charge in [0.05, 0.1) is 23.5 Å². The molecule has 2 atom stereocenters. The van der Waals surface area contributed by atoms with Gasteiger partial charge in [0.25, 0.3) is 10.0 Å². The van der Waals surface area contributed by atoms with Crippen molar-refractivity contribution in [2.75, 3.05) is 64.5 Å². The normalized spacial score (nSPS) is 18.1. The van der Waals surface area contributed by atoms with Crippen molar-refractivity contribution in [1.82, 2.24) is 14.9 Å². The fraction of sp³-hybridized carbons (Fsp3) is 0.406. The molecule has 0 saturated carbocycles. The number of carbonyl (C=O) groups excluding carboxylic acids is 1. The molecule has 0 radical (unpaired) electrons. The number of likely N-dealkylation sites (N-methyl/N-ethyl adjacent to an activating group) is 1. The molecule has 2 aliphatic rings. The summed E-state index contributed by atoms with van der Waals surface area (Å²) in [4.78, 5) is 27.5. The number of piperazine rings is 1. The lowest BCUT2D eigenvalue weighted by molar-refractivity contribution is 0.177. The Morgan fingerprint density at radius 3 is 2.42 bits per heavy atom. The number of cyclic esters (lactones) is 1. The van der Waals surface area contributed by atoms with E-state index in [2.05, 4.69) is 62.5 Å². The lowest BCUT2D eigenvalue weighted by Crippen LogP contribution is -2.46. The molecule has 0 spiro atoms. The van der Waals surface area contributed by atoms with Crippen LogP contribution in [0.25, 0.3) is 0 Å². The van der Waals surface area contributed by atoms with Crippen LogP contribution in [-0.4, -0.2) is 74.8 Å². The zero-order chi connectivity index (χ0) is 32.1. The molecule has 2 aliphatic heterocycles. The second-order valence-corrected chi connectivity index (χ2v) is 13.2. The quantitative estimate of drug-likeness (QED) is 0.238. The number of sulfonamides is 1. The topological polar surface area (TPSA) is 132 Å². The van der Waals surface area contributed by atoms with Crippen LogP contribution in [0.1, 0.15) is 39.3 Å². The van der Waals surface area contributed by atoms with Gasteiger partial charge in [-0.15, -0.1) is 0 Å². The SMILES string of the molecule is C=CS(=O)(=O)Nc1ccc(Nc2ccc([C@H](C)Nc3nccc(N4C(=O)OC[C@@H]4C(C)C)n3)cc2)cc1N1CCN(CC)CC1. The highest BCUT2D eigenvalue weighted by atomic mass is 32.2. The number of carbonyl (C=O) groups is 1. The first-order chi connectivity index (χ1) is 21.6. The van der Waals surface area contributed by atoms with Gasteiger partial charge in [-0.1, -0.05) is 39.5 Å². The molecule has 240 valence electrons. The Kier molecular flexibility index (Phi) is 9.78. The third-order valence-electron chi connectivity index (χ3n) is 8.24. The molecule has 5 rings (SSSR count). The Balaban J connectivity index is 1.28. The summed E-state index contributed by atoms with van der Waals surface area (Å²) in [5.41, 5.74) is 4.10. The Bertz CT molecular complexity index is 1610. The van der Waals surface area contributed by atoms with Gasteiger partial charge in [-0.05, 0) is 61.3 Å². The molecule has 3 N–H and O–H groups in total. The summed E-state index contributed by atoms with van der Waals surface area (Å²) in [7, 11) is -3.65. The van der Waals surface area contributed by atoms with Gasteiger partial charge in [0, 0.05) is 49.2 Å². The Hall–Kier alpha value is -4.36. The van der Waals surface area contributed by atoms with Crippen LogP contribution in [0.15, 0.2) is 66.7 Å². The molecule has 0 aliphatic carbocycles. The monoisotopic (exact) mass is 634 g/mol. The highest BCUT2D eigenvalue weighted by molar-refractivity contribution is 7.95. The summed E-state index contributed by atoms with van der Waals surface area (Å²) < 4.78 is 32.5. The smallest absolute Gasteiger partial charge is 0.415 e. The van der Waals surface area contributed by atoms with Crippen molar-refractivity contribution in [3.05, 3.63) is 72.3 Å². The summed E-state index contributed by atoms with van der Waals surface area (Å²) in [6.07, 6.45) is 1.24. The van der Waals surface area contributed by atoms with Crippen molar-refractivity contribution in [3.63, 3.8) is 0 Å². The van der Waals surface area contributed by atoms with E-state index >= 15 is 0 Å². The van der Waals surface area contributed by atoms with Crippen LogP contribution in [0, 0.1) is 5.92 Å². The largest absolute Gasteiger partial charge is 0.447 e.